The Morgan fingerprint density at radius 3 is 2.41 bits per heavy atom. The van der Waals surface area contributed by atoms with Crippen LogP contribution in [0.3, 0.4) is 0 Å². The number of carbonyl (C=O) groups excluding carboxylic acids is 2. The normalized spacial score (nSPS) is 15.3. The summed E-state index contributed by atoms with van der Waals surface area (Å²) in [6.45, 7) is 1.97. The van der Waals surface area contributed by atoms with Crippen molar-refractivity contribution in [3.63, 3.8) is 0 Å². The van der Waals surface area contributed by atoms with Gasteiger partial charge < -0.3 is 4.18 Å². The molecule has 0 aliphatic carbocycles. The summed E-state index contributed by atoms with van der Waals surface area (Å²) in [6.07, 6.45) is 1.47. The molecular weight excluding hydrogens is 606 g/mol. The topological polar surface area (TPSA) is 80.8 Å². The first-order valence-electron chi connectivity index (χ1n) is 9.93. The first kappa shape index (κ1) is 24.7. The van der Waals surface area contributed by atoms with Crippen molar-refractivity contribution in [2.45, 2.75) is 18.4 Å². The summed E-state index contributed by atoms with van der Waals surface area (Å²) in [5.74, 6) is -0.417. The lowest BCUT2D eigenvalue weighted by atomic mass is 10.2. The highest BCUT2D eigenvalue weighted by Gasteiger charge is 2.35. The van der Waals surface area contributed by atoms with Crippen LogP contribution in [-0.2, 0) is 21.5 Å². The molecule has 10 heteroatoms. The quantitative estimate of drug-likeness (QED) is 0.230. The smallest absolute Gasteiger partial charge is 0.339 e. The molecule has 34 heavy (non-hydrogen) atoms. The number of imide groups is 1. The van der Waals surface area contributed by atoms with Crippen LogP contribution in [0.25, 0.3) is 6.08 Å². The van der Waals surface area contributed by atoms with E-state index in [4.69, 9.17) is 4.18 Å². The summed E-state index contributed by atoms with van der Waals surface area (Å²) < 4.78 is 32.5. The number of aryl methyl sites for hydroxylation is 1. The molecule has 0 spiro atoms. The van der Waals surface area contributed by atoms with Gasteiger partial charge in [-0.05, 0) is 66.7 Å². The van der Waals surface area contributed by atoms with Gasteiger partial charge in [-0.25, -0.2) is 0 Å². The van der Waals surface area contributed by atoms with Gasteiger partial charge in [-0.3, -0.25) is 14.5 Å². The predicted octanol–water partition coefficient (Wildman–Crippen LogP) is 6.52. The fourth-order valence-electron chi connectivity index (χ4n) is 3.15. The third kappa shape index (κ3) is 5.46. The number of benzene rings is 3. The van der Waals surface area contributed by atoms with E-state index >= 15 is 0 Å². The van der Waals surface area contributed by atoms with Crippen molar-refractivity contribution in [2.75, 3.05) is 0 Å². The van der Waals surface area contributed by atoms with Crippen molar-refractivity contribution >= 4 is 71.0 Å². The van der Waals surface area contributed by atoms with Crippen LogP contribution in [0.15, 0.2) is 85.5 Å². The molecule has 174 valence electrons. The fraction of sp³-hybridized carbons (Fsp3) is 0.0833. The summed E-state index contributed by atoms with van der Waals surface area (Å²) in [5.41, 5.74) is 2.06. The van der Waals surface area contributed by atoms with Gasteiger partial charge in [-0.2, -0.15) is 8.42 Å². The van der Waals surface area contributed by atoms with Gasteiger partial charge in [0.2, 0.25) is 0 Å². The molecule has 1 aliphatic heterocycles. The Kier molecular flexibility index (Phi) is 7.32. The standard InChI is InChI=1S/C24H17Br2NO5S2/c1-15-6-9-19(10-7-15)34(30,31)32-21-11-8-18(25)12-17(21)13-22-23(28)27(24(29)33-22)14-16-4-2-3-5-20(16)26/h2-13H,14H2,1H3/b22-13-. The van der Waals surface area contributed by atoms with E-state index in [1.54, 1.807) is 24.3 Å². The lowest BCUT2D eigenvalue weighted by Gasteiger charge is -2.13. The minimum atomic E-state index is -4.10. The van der Waals surface area contributed by atoms with Gasteiger partial charge in [-0.1, -0.05) is 67.8 Å². The van der Waals surface area contributed by atoms with Gasteiger partial charge in [0.25, 0.3) is 11.1 Å². The van der Waals surface area contributed by atoms with Crippen molar-refractivity contribution in [1.82, 2.24) is 4.90 Å². The summed E-state index contributed by atoms with van der Waals surface area (Å²) in [6, 6.07) is 18.4. The second-order valence-corrected chi connectivity index (χ2v) is 11.7. The summed E-state index contributed by atoms with van der Waals surface area (Å²) >= 11 is 7.59. The lowest BCUT2D eigenvalue weighted by molar-refractivity contribution is -0.123. The Morgan fingerprint density at radius 1 is 1.00 bits per heavy atom. The van der Waals surface area contributed by atoms with Crippen LogP contribution in [0.5, 0.6) is 5.75 Å². The Labute approximate surface area is 218 Å². The van der Waals surface area contributed by atoms with E-state index in [-0.39, 0.29) is 22.1 Å². The van der Waals surface area contributed by atoms with Crippen LogP contribution in [0.4, 0.5) is 4.79 Å². The third-order valence-electron chi connectivity index (χ3n) is 4.93. The monoisotopic (exact) mass is 621 g/mol. The van der Waals surface area contributed by atoms with E-state index < -0.39 is 21.3 Å². The molecule has 0 saturated carbocycles. The maximum atomic E-state index is 13.0. The summed E-state index contributed by atoms with van der Waals surface area (Å²) in [4.78, 5) is 26.9. The highest BCUT2D eigenvalue weighted by Crippen LogP contribution is 2.37. The van der Waals surface area contributed by atoms with Gasteiger partial charge >= 0.3 is 10.1 Å². The zero-order chi connectivity index (χ0) is 24.5. The van der Waals surface area contributed by atoms with Crippen molar-refractivity contribution in [1.29, 1.82) is 0 Å². The molecule has 1 heterocycles. The van der Waals surface area contributed by atoms with E-state index in [9.17, 15) is 18.0 Å². The minimum absolute atomic E-state index is 0.0146. The zero-order valence-electron chi connectivity index (χ0n) is 17.7. The highest BCUT2D eigenvalue weighted by molar-refractivity contribution is 9.10. The molecule has 3 aromatic carbocycles. The molecule has 0 atom stereocenters. The molecule has 0 aromatic heterocycles. The van der Waals surface area contributed by atoms with Crippen LogP contribution in [-0.4, -0.2) is 24.5 Å². The van der Waals surface area contributed by atoms with Gasteiger partial charge in [0, 0.05) is 14.5 Å². The van der Waals surface area contributed by atoms with Crippen LogP contribution < -0.4 is 4.18 Å². The van der Waals surface area contributed by atoms with E-state index in [0.717, 1.165) is 32.3 Å². The average Bonchev–Trinajstić information content (AvgIpc) is 3.04. The fourth-order valence-corrected chi connectivity index (χ4v) is 5.73. The van der Waals surface area contributed by atoms with E-state index in [1.165, 1.54) is 24.3 Å². The van der Waals surface area contributed by atoms with E-state index in [0.29, 0.717) is 10.0 Å². The van der Waals surface area contributed by atoms with E-state index in [2.05, 4.69) is 31.9 Å². The summed E-state index contributed by atoms with van der Waals surface area (Å²) in [5, 5.41) is -0.406. The molecule has 4 rings (SSSR count). The number of amides is 2. The first-order valence-corrected chi connectivity index (χ1v) is 13.7. The number of hydrogen-bond acceptors (Lipinski definition) is 6. The van der Waals surface area contributed by atoms with Gasteiger partial charge in [0.15, 0.2) is 0 Å². The second-order valence-electron chi connectivity index (χ2n) is 7.39. The molecule has 0 N–H and O–H groups in total. The van der Waals surface area contributed by atoms with Gasteiger partial charge in [0.05, 0.1) is 11.4 Å². The summed E-state index contributed by atoms with van der Waals surface area (Å²) in [7, 11) is -4.10. The van der Waals surface area contributed by atoms with Crippen LogP contribution in [0.1, 0.15) is 16.7 Å². The molecular formula is C24H17Br2NO5S2. The zero-order valence-corrected chi connectivity index (χ0v) is 22.5. The average molecular weight is 623 g/mol. The minimum Gasteiger partial charge on any atom is -0.378 e. The Hall–Kier alpha value is -2.40. The van der Waals surface area contributed by atoms with Crippen molar-refractivity contribution in [3.05, 3.63) is 97.3 Å². The third-order valence-corrected chi connectivity index (χ3v) is 8.35. The van der Waals surface area contributed by atoms with E-state index in [1.807, 2.05) is 31.2 Å². The second kappa shape index (κ2) is 10.1. The van der Waals surface area contributed by atoms with Crippen molar-refractivity contribution in [3.8, 4) is 5.75 Å². The molecule has 0 bridgehead atoms. The van der Waals surface area contributed by atoms with Gasteiger partial charge in [0.1, 0.15) is 10.6 Å². The largest absolute Gasteiger partial charge is 0.378 e. The highest BCUT2D eigenvalue weighted by atomic mass is 79.9. The number of halogens is 2. The Balaban J connectivity index is 1.63. The maximum Gasteiger partial charge on any atom is 0.339 e. The molecule has 2 amide bonds. The van der Waals surface area contributed by atoms with Crippen LogP contribution in [0.2, 0.25) is 0 Å². The Morgan fingerprint density at radius 2 is 1.71 bits per heavy atom. The molecule has 3 aromatic rings. The predicted molar refractivity (Wildman–Crippen MR) is 139 cm³/mol. The maximum absolute atomic E-state index is 13.0. The number of rotatable bonds is 6. The van der Waals surface area contributed by atoms with Gasteiger partial charge in [-0.15, -0.1) is 0 Å². The molecule has 1 aliphatic rings. The lowest BCUT2D eigenvalue weighted by Crippen LogP contribution is -2.27. The first-order chi connectivity index (χ1) is 16.1. The van der Waals surface area contributed by atoms with Crippen LogP contribution in [0, 0.1) is 6.92 Å². The number of nitrogens with zero attached hydrogens (tertiary/aromatic N) is 1. The number of carbonyl (C=O) groups is 2. The molecule has 6 nitrogen and oxygen atoms in total. The SMILES string of the molecule is Cc1ccc(S(=O)(=O)Oc2ccc(Br)cc2/C=C2\SC(=O)N(Cc3ccccc3Br)C2=O)cc1. The molecule has 0 radical (unpaired) electrons. The number of thioether (sulfide) groups is 1. The molecule has 1 saturated heterocycles. The Bertz CT molecular complexity index is 1420. The molecule has 1 fully saturated rings. The molecule has 0 unspecified atom stereocenters. The van der Waals surface area contributed by atoms with Crippen LogP contribution >= 0.6 is 43.6 Å². The van der Waals surface area contributed by atoms with Crippen molar-refractivity contribution in [2.24, 2.45) is 0 Å². The van der Waals surface area contributed by atoms with Crippen molar-refractivity contribution < 1.29 is 22.2 Å². The number of hydrogen-bond donors (Lipinski definition) is 0.